The second-order valence-corrected chi connectivity index (χ2v) is 10.0. The lowest BCUT2D eigenvalue weighted by atomic mass is 10.0. The predicted molar refractivity (Wildman–Crippen MR) is 153 cm³/mol. The van der Waals surface area contributed by atoms with Gasteiger partial charge in [-0.25, -0.2) is 4.79 Å². The van der Waals surface area contributed by atoms with E-state index >= 15 is 0 Å². The number of nitriles is 1. The largest absolute Gasteiger partial charge is 0.326 e. The van der Waals surface area contributed by atoms with Gasteiger partial charge in [-0.15, -0.1) is 0 Å². The number of anilines is 2. The summed E-state index contributed by atoms with van der Waals surface area (Å²) < 4.78 is 0. The fourth-order valence-corrected chi connectivity index (χ4v) is 5.09. The molecule has 3 aromatic rings. The maximum atomic E-state index is 13.4. The van der Waals surface area contributed by atoms with Gasteiger partial charge >= 0.3 is 6.03 Å². The van der Waals surface area contributed by atoms with Gasteiger partial charge in [0, 0.05) is 60.7 Å². The van der Waals surface area contributed by atoms with Gasteiger partial charge in [0.25, 0.3) is 0 Å². The predicted octanol–water partition coefficient (Wildman–Crippen LogP) is 6.60. The third-order valence-electron chi connectivity index (χ3n) is 6.51. The summed E-state index contributed by atoms with van der Waals surface area (Å²) in [5.41, 5.74) is 3.89. The number of nitrogens with one attached hydrogen (secondary N) is 1. The number of amides is 2. The van der Waals surface area contributed by atoms with Crippen molar-refractivity contribution >= 4 is 40.6 Å². The zero-order valence-corrected chi connectivity index (χ0v) is 22.5. The fraction of sp³-hybridized carbons (Fsp3) is 0.310. The molecule has 1 N–H and O–H groups in total. The summed E-state index contributed by atoms with van der Waals surface area (Å²) in [4.78, 5) is 20.1. The number of halogens is 2. The molecule has 0 bridgehead atoms. The van der Waals surface area contributed by atoms with E-state index in [0.29, 0.717) is 27.8 Å². The van der Waals surface area contributed by atoms with Gasteiger partial charge in [-0.1, -0.05) is 54.4 Å². The molecule has 4 rings (SSSR count). The van der Waals surface area contributed by atoms with Crippen LogP contribution in [-0.2, 0) is 0 Å². The molecule has 1 heterocycles. The number of rotatable bonds is 8. The molecule has 0 saturated carbocycles. The summed E-state index contributed by atoms with van der Waals surface area (Å²) in [5.74, 6) is 0. The minimum absolute atomic E-state index is 0.248. The Morgan fingerprint density at radius 3 is 2.19 bits per heavy atom. The Morgan fingerprint density at radius 1 is 0.919 bits per heavy atom. The molecule has 37 heavy (non-hydrogen) atoms. The van der Waals surface area contributed by atoms with E-state index in [4.69, 9.17) is 23.2 Å². The first-order valence-corrected chi connectivity index (χ1v) is 13.3. The molecule has 6 nitrogen and oxygen atoms in total. The minimum atomic E-state index is -0.248. The normalized spacial score (nSPS) is 14.2. The number of hydrogen-bond acceptors (Lipinski definition) is 4. The number of urea groups is 1. The molecule has 0 atom stereocenters. The first kappa shape index (κ1) is 27.0. The van der Waals surface area contributed by atoms with Gasteiger partial charge in [-0.2, -0.15) is 5.26 Å². The van der Waals surface area contributed by atoms with E-state index in [0.717, 1.165) is 62.5 Å². The van der Waals surface area contributed by atoms with E-state index in [9.17, 15) is 10.1 Å². The highest BCUT2D eigenvalue weighted by molar-refractivity contribution is 6.35. The molecule has 0 spiro atoms. The average Bonchev–Trinajstić information content (AvgIpc) is 2.90. The number of hydrogen-bond donors (Lipinski definition) is 1. The molecule has 1 fully saturated rings. The van der Waals surface area contributed by atoms with Crippen molar-refractivity contribution in [3.63, 3.8) is 0 Å². The second kappa shape index (κ2) is 12.9. The van der Waals surface area contributed by atoms with Crippen molar-refractivity contribution in [2.45, 2.75) is 13.3 Å². The van der Waals surface area contributed by atoms with E-state index in [1.54, 1.807) is 29.2 Å². The van der Waals surface area contributed by atoms with Crippen LogP contribution < -0.4 is 10.2 Å². The molecule has 0 unspecified atom stereocenters. The van der Waals surface area contributed by atoms with Crippen LogP contribution >= 0.6 is 23.2 Å². The molecule has 1 aliphatic heterocycles. The number of piperazine rings is 1. The standard InChI is InChI=1S/C29H31Cl2N5O/c1-2-10-34-11-13-35(14-12-34)15-16-36(29(37)33-27-19-25(30)18-26(31)20-27)28-8-6-23(7-9-28)24-5-3-4-22(17-24)21-32/h3-9,17-20H,2,10-16H2,1H3,(H,33,37). The van der Waals surface area contributed by atoms with Crippen LogP contribution in [0.15, 0.2) is 66.7 Å². The zero-order chi connectivity index (χ0) is 26.2. The first-order valence-electron chi connectivity index (χ1n) is 12.5. The van der Waals surface area contributed by atoms with Gasteiger partial charge < -0.3 is 10.2 Å². The number of nitrogens with zero attached hydrogens (tertiary/aromatic N) is 4. The maximum absolute atomic E-state index is 13.4. The second-order valence-electron chi connectivity index (χ2n) is 9.16. The molecule has 1 aliphatic rings. The summed E-state index contributed by atoms with van der Waals surface area (Å²) in [6.45, 7) is 8.75. The number of carbonyl (C=O) groups excluding carboxylic acids is 1. The van der Waals surface area contributed by atoms with Crippen LogP contribution in [0.2, 0.25) is 10.0 Å². The van der Waals surface area contributed by atoms with Crippen LogP contribution in [0.5, 0.6) is 0 Å². The van der Waals surface area contributed by atoms with E-state index in [1.807, 2.05) is 42.5 Å². The lowest BCUT2D eigenvalue weighted by Gasteiger charge is -2.35. The average molecular weight is 537 g/mol. The van der Waals surface area contributed by atoms with E-state index < -0.39 is 0 Å². The van der Waals surface area contributed by atoms with Crippen molar-refractivity contribution < 1.29 is 4.79 Å². The molecular weight excluding hydrogens is 505 g/mol. The van der Waals surface area contributed by atoms with Crippen LogP contribution in [0.3, 0.4) is 0 Å². The molecule has 0 aliphatic carbocycles. The Morgan fingerprint density at radius 2 is 1.57 bits per heavy atom. The SMILES string of the molecule is CCCN1CCN(CCN(C(=O)Nc2cc(Cl)cc(Cl)c2)c2ccc(-c3cccc(C#N)c3)cc2)CC1. The molecule has 8 heteroatoms. The van der Waals surface area contributed by atoms with Gasteiger partial charge in [0.1, 0.15) is 0 Å². The zero-order valence-electron chi connectivity index (χ0n) is 21.0. The van der Waals surface area contributed by atoms with Crippen LogP contribution in [0, 0.1) is 11.3 Å². The third kappa shape index (κ3) is 7.47. The smallest absolute Gasteiger partial charge is 0.307 e. The van der Waals surface area contributed by atoms with E-state index in [-0.39, 0.29) is 6.03 Å². The van der Waals surface area contributed by atoms with Crippen LogP contribution in [0.4, 0.5) is 16.2 Å². The Labute approximate surface area is 229 Å². The van der Waals surface area contributed by atoms with Crippen molar-refractivity contribution in [2.75, 3.05) is 56.0 Å². The topological polar surface area (TPSA) is 62.6 Å². The van der Waals surface area contributed by atoms with Crippen LogP contribution in [0.25, 0.3) is 11.1 Å². The van der Waals surface area contributed by atoms with Crippen molar-refractivity contribution in [1.29, 1.82) is 5.26 Å². The van der Waals surface area contributed by atoms with Gasteiger partial charge in [-0.3, -0.25) is 9.80 Å². The molecule has 192 valence electrons. The summed E-state index contributed by atoms with van der Waals surface area (Å²) in [7, 11) is 0. The fourth-order valence-electron chi connectivity index (χ4n) is 4.56. The summed E-state index contributed by atoms with van der Waals surface area (Å²) >= 11 is 12.3. The Balaban J connectivity index is 1.51. The Kier molecular flexibility index (Phi) is 9.43. The monoisotopic (exact) mass is 535 g/mol. The first-order chi connectivity index (χ1) is 17.9. The van der Waals surface area contributed by atoms with Crippen molar-refractivity contribution in [3.05, 3.63) is 82.3 Å². The third-order valence-corrected chi connectivity index (χ3v) is 6.94. The highest BCUT2D eigenvalue weighted by Crippen LogP contribution is 2.26. The van der Waals surface area contributed by atoms with Gasteiger partial charge in [0.05, 0.1) is 11.6 Å². The molecule has 3 aromatic carbocycles. The summed E-state index contributed by atoms with van der Waals surface area (Å²) in [6, 6.07) is 22.3. The Hall–Kier alpha value is -3.08. The number of carbonyl (C=O) groups is 1. The van der Waals surface area contributed by atoms with Crippen molar-refractivity contribution in [1.82, 2.24) is 9.80 Å². The van der Waals surface area contributed by atoms with Gasteiger partial charge in [-0.05, 0) is 66.6 Å². The van der Waals surface area contributed by atoms with Crippen LogP contribution in [-0.4, -0.2) is 61.6 Å². The Bertz CT molecular complexity index is 1230. The van der Waals surface area contributed by atoms with Crippen molar-refractivity contribution in [3.8, 4) is 17.2 Å². The lowest BCUT2D eigenvalue weighted by molar-refractivity contribution is 0.135. The molecule has 0 aromatic heterocycles. The van der Waals surface area contributed by atoms with Gasteiger partial charge in [0.15, 0.2) is 0 Å². The highest BCUT2D eigenvalue weighted by atomic mass is 35.5. The van der Waals surface area contributed by atoms with Crippen LogP contribution in [0.1, 0.15) is 18.9 Å². The summed E-state index contributed by atoms with van der Waals surface area (Å²) in [6.07, 6.45) is 1.16. The molecule has 2 amide bonds. The molecular formula is C29H31Cl2N5O. The maximum Gasteiger partial charge on any atom is 0.326 e. The quantitative estimate of drug-likeness (QED) is 0.353. The summed E-state index contributed by atoms with van der Waals surface area (Å²) in [5, 5.41) is 13.1. The van der Waals surface area contributed by atoms with E-state index in [2.05, 4.69) is 28.1 Å². The van der Waals surface area contributed by atoms with Crippen molar-refractivity contribution in [2.24, 2.45) is 0 Å². The van der Waals surface area contributed by atoms with Gasteiger partial charge in [0.2, 0.25) is 0 Å². The number of benzene rings is 3. The highest BCUT2D eigenvalue weighted by Gasteiger charge is 2.21. The molecule has 1 saturated heterocycles. The van der Waals surface area contributed by atoms with E-state index in [1.165, 1.54) is 0 Å². The molecule has 0 radical (unpaired) electrons. The minimum Gasteiger partial charge on any atom is -0.307 e. The lowest BCUT2D eigenvalue weighted by Crippen LogP contribution is -2.49.